The van der Waals surface area contributed by atoms with E-state index >= 15 is 0 Å². The van der Waals surface area contributed by atoms with Crippen LogP contribution in [0, 0.1) is 0 Å². The molecule has 0 fully saturated rings. The van der Waals surface area contributed by atoms with Gasteiger partial charge in [0.15, 0.2) is 0 Å². The van der Waals surface area contributed by atoms with Crippen molar-refractivity contribution in [2.24, 2.45) is 0 Å². The van der Waals surface area contributed by atoms with E-state index in [1.165, 1.54) is 161 Å². The molecular formula is C29H62N2. The van der Waals surface area contributed by atoms with E-state index in [1.807, 2.05) is 0 Å². The van der Waals surface area contributed by atoms with Gasteiger partial charge in [0.25, 0.3) is 0 Å². The summed E-state index contributed by atoms with van der Waals surface area (Å²) >= 11 is 0. The van der Waals surface area contributed by atoms with Crippen molar-refractivity contribution in [2.45, 2.75) is 174 Å². The van der Waals surface area contributed by atoms with Crippen LogP contribution in [-0.2, 0) is 0 Å². The lowest BCUT2D eigenvalue weighted by Crippen LogP contribution is -2.33. The normalized spacial score (nSPS) is 11.4. The molecule has 0 aliphatic rings. The molecule has 31 heavy (non-hydrogen) atoms. The molecule has 0 rings (SSSR count). The van der Waals surface area contributed by atoms with Gasteiger partial charge in [0.05, 0.1) is 0 Å². The Morgan fingerprint density at radius 3 is 0.677 bits per heavy atom. The molecule has 0 radical (unpaired) electrons. The molecule has 188 valence electrons. The maximum absolute atomic E-state index is 3.41. The van der Waals surface area contributed by atoms with Crippen LogP contribution in [0.4, 0.5) is 0 Å². The summed E-state index contributed by atoms with van der Waals surface area (Å²) in [6, 6.07) is 0. The van der Waals surface area contributed by atoms with Crippen LogP contribution >= 0.6 is 0 Å². The minimum Gasteiger partial charge on any atom is -0.258 e. The maximum Gasteiger partial charge on any atom is 0.00997 e. The lowest BCUT2D eigenvalue weighted by Gasteiger charge is -2.07. The third-order valence-corrected chi connectivity index (χ3v) is 6.69. The van der Waals surface area contributed by atoms with Crippen LogP contribution in [0.1, 0.15) is 174 Å². The lowest BCUT2D eigenvalue weighted by molar-refractivity contribution is 0.477. The molecule has 2 nitrogen and oxygen atoms in total. The van der Waals surface area contributed by atoms with E-state index < -0.39 is 0 Å². The van der Waals surface area contributed by atoms with Crippen molar-refractivity contribution in [1.29, 1.82) is 0 Å². The average Bonchev–Trinajstić information content (AvgIpc) is 2.78. The highest BCUT2D eigenvalue weighted by Crippen LogP contribution is 2.13. The molecule has 2 N–H and O–H groups in total. The highest BCUT2D eigenvalue weighted by atomic mass is 15.3. The van der Waals surface area contributed by atoms with Crippen molar-refractivity contribution < 1.29 is 0 Å². The van der Waals surface area contributed by atoms with Crippen molar-refractivity contribution in [3.63, 3.8) is 0 Å². The van der Waals surface area contributed by atoms with Crippen LogP contribution in [-0.4, -0.2) is 13.1 Å². The summed E-state index contributed by atoms with van der Waals surface area (Å²) in [7, 11) is 0. The molecule has 0 saturated carbocycles. The Bertz CT molecular complexity index is 264. The van der Waals surface area contributed by atoms with Gasteiger partial charge in [0.2, 0.25) is 0 Å². The van der Waals surface area contributed by atoms with Crippen LogP contribution in [0.15, 0.2) is 0 Å². The smallest absolute Gasteiger partial charge is 0.00997 e. The van der Waals surface area contributed by atoms with E-state index in [0.29, 0.717) is 0 Å². The minimum absolute atomic E-state index is 1.13. The fraction of sp³-hybridized carbons (Fsp3) is 1.00. The molecule has 0 unspecified atom stereocenters. The number of rotatable bonds is 28. The Labute approximate surface area is 198 Å². The molecule has 2 heteroatoms. The first-order chi connectivity index (χ1) is 15.4. The van der Waals surface area contributed by atoms with Gasteiger partial charge in [0.1, 0.15) is 0 Å². The molecule has 0 heterocycles. The number of hydrogen-bond donors (Lipinski definition) is 2. The van der Waals surface area contributed by atoms with Crippen LogP contribution in [0.25, 0.3) is 0 Å². The monoisotopic (exact) mass is 438 g/mol. The number of nitrogens with one attached hydrogen (secondary N) is 2. The largest absolute Gasteiger partial charge is 0.258 e. The molecule has 0 aliphatic heterocycles. The van der Waals surface area contributed by atoms with Gasteiger partial charge in [0, 0.05) is 13.1 Å². The molecule has 0 aromatic heterocycles. The summed E-state index contributed by atoms with van der Waals surface area (Å²) in [6.45, 7) is 6.86. The van der Waals surface area contributed by atoms with Gasteiger partial charge < -0.3 is 0 Å². The van der Waals surface area contributed by atoms with E-state index in [9.17, 15) is 0 Å². The second-order valence-electron chi connectivity index (χ2n) is 9.99. The predicted octanol–water partition coefficient (Wildman–Crippen LogP) is 9.87. The van der Waals surface area contributed by atoms with Gasteiger partial charge in [-0.05, 0) is 12.8 Å². The van der Waals surface area contributed by atoms with Gasteiger partial charge >= 0.3 is 0 Å². The van der Waals surface area contributed by atoms with E-state index in [0.717, 1.165) is 13.1 Å². The molecule has 0 spiro atoms. The molecule has 0 amide bonds. The molecule has 0 bridgehead atoms. The maximum atomic E-state index is 3.41. The van der Waals surface area contributed by atoms with Crippen molar-refractivity contribution in [3.05, 3.63) is 0 Å². The van der Waals surface area contributed by atoms with Crippen LogP contribution in [0.3, 0.4) is 0 Å². The lowest BCUT2D eigenvalue weighted by atomic mass is 10.0. The van der Waals surface area contributed by atoms with Gasteiger partial charge in [-0.15, -0.1) is 0 Å². The fourth-order valence-electron chi connectivity index (χ4n) is 4.46. The average molecular weight is 439 g/mol. The number of unbranched alkanes of at least 4 members (excludes halogenated alkanes) is 23. The summed E-state index contributed by atoms with van der Waals surface area (Å²) in [6.07, 6.45) is 35.8. The first kappa shape index (κ1) is 30.9. The predicted molar refractivity (Wildman–Crippen MR) is 143 cm³/mol. The van der Waals surface area contributed by atoms with E-state index in [1.54, 1.807) is 0 Å². The van der Waals surface area contributed by atoms with Crippen molar-refractivity contribution in [1.82, 2.24) is 10.9 Å². The second kappa shape index (κ2) is 29.9. The Kier molecular flexibility index (Phi) is 29.8. The summed E-state index contributed by atoms with van der Waals surface area (Å²) in [5.41, 5.74) is 6.82. The van der Waals surface area contributed by atoms with Crippen molar-refractivity contribution >= 4 is 0 Å². The Morgan fingerprint density at radius 1 is 0.258 bits per heavy atom. The first-order valence-corrected chi connectivity index (χ1v) is 14.9. The third-order valence-electron chi connectivity index (χ3n) is 6.69. The molecule has 0 saturated heterocycles. The third kappa shape index (κ3) is 29.9. The zero-order chi connectivity index (χ0) is 22.5. The van der Waals surface area contributed by atoms with Gasteiger partial charge in [-0.25, -0.2) is 0 Å². The van der Waals surface area contributed by atoms with E-state index in [4.69, 9.17) is 0 Å². The first-order valence-electron chi connectivity index (χ1n) is 14.9. The molecule has 0 aromatic rings. The second-order valence-corrected chi connectivity index (χ2v) is 9.99. The molecular weight excluding hydrogens is 376 g/mol. The zero-order valence-electron chi connectivity index (χ0n) is 22.1. The highest BCUT2D eigenvalue weighted by molar-refractivity contribution is 4.52. The Morgan fingerprint density at radius 2 is 0.452 bits per heavy atom. The zero-order valence-corrected chi connectivity index (χ0v) is 22.1. The topological polar surface area (TPSA) is 24.1 Å². The van der Waals surface area contributed by atoms with E-state index in [2.05, 4.69) is 24.7 Å². The van der Waals surface area contributed by atoms with E-state index in [-0.39, 0.29) is 0 Å². The Balaban J connectivity index is 2.98. The van der Waals surface area contributed by atoms with Gasteiger partial charge in [-0.3, -0.25) is 10.9 Å². The fourth-order valence-corrected chi connectivity index (χ4v) is 4.46. The van der Waals surface area contributed by atoms with Crippen molar-refractivity contribution in [3.8, 4) is 0 Å². The molecule has 0 atom stereocenters. The summed E-state index contributed by atoms with van der Waals surface area (Å²) < 4.78 is 0. The number of hydrogen-bond acceptors (Lipinski definition) is 2. The number of hydrazine groups is 1. The SMILES string of the molecule is CCCCCCCCCCCCCCCCCCNNCCCCCCCCCCC. The van der Waals surface area contributed by atoms with Crippen LogP contribution < -0.4 is 10.9 Å². The summed E-state index contributed by atoms with van der Waals surface area (Å²) in [4.78, 5) is 0. The summed E-state index contributed by atoms with van der Waals surface area (Å²) in [5.74, 6) is 0. The quantitative estimate of drug-likeness (QED) is 0.0937. The molecule has 0 aliphatic carbocycles. The standard InChI is InChI=1S/C29H62N2/c1-3-5-7-9-11-13-14-15-16-17-18-19-21-23-25-27-29-31-30-28-26-24-22-20-12-10-8-6-4-2/h30-31H,3-29H2,1-2H3. The minimum atomic E-state index is 1.13. The Hall–Kier alpha value is -0.0800. The van der Waals surface area contributed by atoms with Gasteiger partial charge in [-0.1, -0.05) is 162 Å². The highest BCUT2D eigenvalue weighted by Gasteiger charge is 1.95. The van der Waals surface area contributed by atoms with Crippen LogP contribution in [0.2, 0.25) is 0 Å². The summed E-state index contributed by atoms with van der Waals surface area (Å²) in [5, 5.41) is 0. The van der Waals surface area contributed by atoms with Crippen molar-refractivity contribution in [2.75, 3.05) is 13.1 Å². The van der Waals surface area contributed by atoms with Crippen LogP contribution in [0.5, 0.6) is 0 Å². The van der Waals surface area contributed by atoms with Gasteiger partial charge in [-0.2, -0.15) is 0 Å². The molecule has 0 aromatic carbocycles.